The summed E-state index contributed by atoms with van der Waals surface area (Å²) in [6.45, 7) is 5.54. The standard InChI is InChI=1S/C14H21FN2O/c1-11(2)7-9-17-14(18)8-10-16-13-5-3-12(15)4-6-13/h3-6,11,16H,7-10H2,1-2H3,(H,17,18). The smallest absolute Gasteiger partial charge is 0.221 e. The lowest BCUT2D eigenvalue weighted by molar-refractivity contribution is -0.120. The Bertz CT molecular complexity index is 363. The highest BCUT2D eigenvalue weighted by atomic mass is 19.1. The van der Waals surface area contributed by atoms with Crippen molar-refractivity contribution in [3.8, 4) is 0 Å². The molecule has 0 heterocycles. The highest BCUT2D eigenvalue weighted by Gasteiger charge is 2.01. The van der Waals surface area contributed by atoms with Gasteiger partial charge in [0.1, 0.15) is 5.82 Å². The summed E-state index contributed by atoms with van der Waals surface area (Å²) in [7, 11) is 0. The van der Waals surface area contributed by atoms with Crippen molar-refractivity contribution in [2.75, 3.05) is 18.4 Å². The van der Waals surface area contributed by atoms with E-state index in [2.05, 4.69) is 24.5 Å². The van der Waals surface area contributed by atoms with Crippen LogP contribution in [0.1, 0.15) is 26.7 Å². The van der Waals surface area contributed by atoms with E-state index in [4.69, 9.17) is 0 Å². The van der Waals surface area contributed by atoms with Gasteiger partial charge in [-0.15, -0.1) is 0 Å². The Morgan fingerprint density at radius 1 is 1.22 bits per heavy atom. The second-order valence-electron chi connectivity index (χ2n) is 4.72. The van der Waals surface area contributed by atoms with Crippen LogP contribution in [-0.2, 0) is 4.79 Å². The van der Waals surface area contributed by atoms with Crippen LogP contribution in [0.25, 0.3) is 0 Å². The van der Waals surface area contributed by atoms with Gasteiger partial charge in [-0.25, -0.2) is 4.39 Å². The molecule has 0 aliphatic carbocycles. The third-order valence-corrected chi connectivity index (χ3v) is 2.57. The molecule has 1 rings (SSSR count). The SMILES string of the molecule is CC(C)CCNC(=O)CCNc1ccc(F)cc1. The minimum atomic E-state index is -0.257. The maximum absolute atomic E-state index is 12.6. The molecule has 1 aromatic carbocycles. The first-order valence-electron chi connectivity index (χ1n) is 6.34. The molecule has 0 spiro atoms. The Balaban J connectivity index is 2.13. The van der Waals surface area contributed by atoms with Crippen LogP contribution in [-0.4, -0.2) is 19.0 Å². The van der Waals surface area contributed by atoms with Crippen LogP contribution in [0.3, 0.4) is 0 Å². The van der Waals surface area contributed by atoms with Gasteiger partial charge in [0.25, 0.3) is 0 Å². The third-order valence-electron chi connectivity index (χ3n) is 2.57. The van der Waals surface area contributed by atoms with Crippen LogP contribution in [0.5, 0.6) is 0 Å². The number of hydrogen-bond acceptors (Lipinski definition) is 2. The Kier molecular flexibility index (Phi) is 6.19. The number of rotatable bonds is 7. The molecule has 0 aromatic heterocycles. The van der Waals surface area contributed by atoms with Crippen molar-refractivity contribution < 1.29 is 9.18 Å². The molecule has 0 saturated heterocycles. The lowest BCUT2D eigenvalue weighted by Crippen LogP contribution is -2.27. The summed E-state index contributed by atoms with van der Waals surface area (Å²) in [6.07, 6.45) is 1.42. The fourth-order valence-electron chi connectivity index (χ4n) is 1.48. The zero-order chi connectivity index (χ0) is 13.4. The summed E-state index contributed by atoms with van der Waals surface area (Å²) in [5.41, 5.74) is 0.825. The molecule has 1 aromatic rings. The normalized spacial score (nSPS) is 10.4. The van der Waals surface area contributed by atoms with Crippen LogP contribution in [0.4, 0.5) is 10.1 Å². The molecule has 0 aliphatic rings. The second-order valence-corrected chi connectivity index (χ2v) is 4.72. The molecule has 0 unspecified atom stereocenters. The van der Waals surface area contributed by atoms with Gasteiger partial charge in [-0.05, 0) is 36.6 Å². The molecule has 1 amide bonds. The number of anilines is 1. The van der Waals surface area contributed by atoms with E-state index in [1.165, 1.54) is 12.1 Å². The summed E-state index contributed by atoms with van der Waals surface area (Å²) in [5, 5.41) is 5.94. The van der Waals surface area contributed by atoms with Gasteiger partial charge < -0.3 is 10.6 Å². The Morgan fingerprint density at radius 2 is 1.89 bits per heavy atom. The van der Waals surface area contributed by atoms with Crippen LogP contribution in [0, 0.1) is 11.7 Å². The predicted octanol–water partition coefficient (Wildman–Crippen LogP) is 2.79. The van der Waals surface area contributed by atoms with Crippen molar-refractivity contribution in [2.45, 2.75) is 26.7 Å². The highest BCUT2D eigenvalue weighted by Crippen LogP contribution is 2.07. The molecular weight excluding hydrogens is 231 g/mol. The Morgan fingerprint density at radius 3 is 2.50 bits per heavy atom. The van der Waals surface area contributed by atoms with Gasteiger partial charge in [0.05, 0.1) is 0 Å². The average molecular weight is 252 g/mol. The zero-order valence-corrected chi connectivity index (χ0v) is 11.0. The van der Waals surface area contributed by atoms with Crippen molar-refractivity contribution in [3.05, 3.63) is 30.1 Å². The minimum absolute atomic E-state index is 0.0465. The van der Waals surface area contributed by atoms with E-state index >= 15 is 0 Å². The van der Waals surface area contributed by atoms with Crippen molar-refractivity contribution >= 4 is 11.6 Å². The van der Waals surface area contributed by atoms with E-state index in [1.807, 2.05) is 0 Å². The lowest BCUT2D eigenvalue weighted by atomic mass is 10.1. The fourth-order valence-corrected chi connectivity index (χ4v) is 1.48. The van der Waals surface area contributed by atoms with Gasteiger partial charge in [-0.1, -0.05) is 13.8 Å². The quantitative estimate of drug-likeness (QED) is 0.783. The third kappa shape index (κ3) is 6.23. The summed E-state index contributed by atoms with van der Waals surface area (Å²) >= 11 is 0. The molecule has 100 valence electrons. The monoisotopic (exact) mass is 252 g/mol. The number of carbonyl (C=O) groups excluding carboxylic acids is 1. The summed E-state index contributed by atoms with van der Waals surface area (Å²) in [5.74, 6) is 0.389. The molecule has 2 N–H and O–H groups in total. The van der Waals surface area contributed by atoms with E-state index in [0.717, 1.165) is 18.7 Å². The molecule has 0 bridgehead atoms. The first-order valence-corrected chi connectivity index (χ1v) is 6.34. The predicted molar refractivity (Wildman–Crippen MR) is 72.0 cm³/mol. The van der Waals surface area contributed by atoms with Crippen LogP contribution < -0.4 is 10.6 Å². The highest BCUT2D eigenvalue weighted by molar-refractivity contribution is 5.76. The molecule has 0 aliphatic heterocycles. The maximum Gasteiger partial charge on any atom is 0.221 e. The molecule has 0 fully saturated rings. The van der Waals surface area contributed by atoms with Gasteiger partial charge in [0.2, 0.25) is 5.91 Å². The number of amides is 1. The number of nitrogens with one attached hydrogen (secondary N) is 2. The van der Waals surface area contributed by atoms with Crippen LogP contribution >= 0.6 is 0 Å². The van der Waals surface area contributed by atoms with E-state index < -0.39 is 0 Å². The first kappa shape index (κ1) is 14.5. The van der Waals surface area contributed by atoms with E-state index in [9.17, 15) is 9.18 Å². The average Bonchev–Trinajstić information content (AvgIpc) is 2.31. The summed E-state index contributed by atoms with van der Waals surface area (Å²) < 4.78 is 12.6. The van der Waals surface area contributed by atoms with Crippen molar-refractivity contribution in [1.29, 1.82) is 0 Å². The zero-order valence-electron chi connectivity index (χ0n) is 11.0. The van der Waals surface area contributed by atoms with Crippen LogP contribution in [0.15, 0.2) is 24.3 Å². The lowest BCUT2D eigenvalue weighted by Gasteiger charge is -2.08. The van der Waals surface area contributed by atoms with Crippen LogP contribution in [0.2, 0.25) is 0 Å². The van der Waals surface area contributed by atoms with Gasteiger partial charge in [0, 0.05) is 25.2 Å². The molecular formula is C14H21FN2O. The largest absolute Gasteiger partial charge is 0.385 e. The maximum atomic E-state index is 12.6. The topological polar surface area (TPSA) is 41.1 Å². The molecule has 0 saturated carbocycles. The van der Waals surface area contributed by atoms with Gasteiger partial charge in [0.15, 0.2) is 0 Å². The minimum Gasteiger partial charge on any atom is -0.385 e. The van der Waals surface area contributed by atoms with E-state index in [0.29, 0.717) is 18.9 Å². The van der Waals surface area contributed by atoms with Gasteiger partial charge in [-0.3, -0.25) is 4.79 Å². The second kappa shape index (κ2) is 7.69. The molecule has 0 atom stereocenters. The molecule has 18 heavy (non-hydrogen) atoms. The van der Waals surface area contributed by atoms with E-state index in [1.54, 1.807) is 12.1 Å². The van der Waals surface area contributed by atoms with Gasteiger partial charge >= 0.3 is 0 Å². The Labute approximate surface area is 108 Å². The first-order chi connectivity index (χ1) is 8.58. The number of benzene rings is 1. The fraction of sp³-hybridized carbons (Fsp3) is 0.500. The van der Waals surface area contributed by atoms with Crippen molar-refractivity contribution in [1.82, 2.24) is 5.32 Å². The van der Waals surface area contributed by atoms with Gasteiger partial charge in [-0.2, -0.15) is 0 Å². The van der Waals surface area contributed by atoms with Crippen molar-refractivity contribution in [3.63, 3.8) is 0 Å². The molecule has 0 radical (unpaired) electrons. The molecule has 3 nitrogen and oxygen atoms in total. The van der Waals surface area contributed by atoms with E-state index in [-0.39, 0.29) is 11.7 Å². The molecule has 4 heteroatoms. The Hall–Kier alpha value is -1.58. The van der Waals surface area contributed by atoms with Crippen molar-refractivity contribution in [2.24, 2.45) is 5.92 Å². The number of hydrogen-bond donors (Lipinski definition) is 2. The number of halogens is 1. The number of carbonyl (C=O) groups is 1. The summed E-state index contributed by atoms with van der Waals surface area (Å²) in [6, 6.07) is 6.11. The summed E-state index contributed by atoms with van der Waals surface area (Å²) in [4.78, 5) is 11.5.